The molecule has 0 amide bonds. The third-order valence-corrected chi connectivity index (χ3v) is 15.9. The first-order chi connectivity index (χ1) is 35.7. The average Bonchev–Trinajstić information content (AvgIpc) is 3.38. The molecule has 6 aliphatic rings. The second kappa shape index (κ2) is 23.4. The molecule has 0 aromatic heterocycles. The van der Waals surface area contributed by atoms with Crippen LogP contribution in [-0.2, 0) is 58.6 Å². The molecule has 25 atom stereocenters. The number of ether oxygens (including phenoxy) is 11. The smallest absolute Gasteiger partial charge is 0.202 e. The van der Waals surface area contributed by atoms with E-state index in [1.165, 1.54) is 46.9 Å². The topological polar surface area (TPSA) is 358 Å². The Morgan fingerprint density at radius 1 is 0.684 bits per heavy atom. The summed E-state index contributed by atoms with van der Waals surface area (Å²) in [5, 5.41) is 120. The van der Waals surface area contributed by atoms with Gasteiger partial charge in [-0.25, -0.2) is 0 Å². The highest BCUT2D eigenvalue weighted by molar-refractivity contribution is 6.11. The normalized spacial score (nSPS) is 42.5. The molecule has 24 nitrogen and oxygen atoms in total. The van der Waals surface area contributed by atoms with E-state index >= 15 is 4.79 Å². The molecule has 0 unspecified atom stereocenters. The minimum Gasteiger partial charge on any atom is -0.507 e. The Labute approximate surface area is 439 Å². The van der Waals surface area contributed by atoms with Crippen molar-refractivity contribution in [2.75, 3.05) is 7.11 Å². The van der Waals surface area contributed by atoms with Crippen LogP contribution >= 0.6 is 0 Å². The van der Waals surface area contributed by atoms with E-state index in [1.807, 2.05) is 0 Å². The van der Waals surface area contributed by atoms with Gasteiger partial charge in [0.15, 0.2) is 36.7 Å². The molecular weight excluding hydrogens is 1010 g/mol. The number of aliphatic hydroxyl groups is 9. The number of phenolic OH excluding ortho intramolecular Hbond substituents is 2. The van der Waals surface area contributed by atoms with Crippen LogP contribution < -0.4 is 4.74 Å². The number of phenols is 2. The molecule has 2 aromatic carbocycles. The van der Waals surface area contributed by atoms with Gasteiger partial charge >= 0.3 is 0 Å². The molecule has 5 fully saturated rings. The van der Waals surface area contributed by atoms with Gasteiger partial charge in [0.2, 0.25) is 6.29 Å². The van der Waals surface area contributed by atoms with E-state index in [4.69, 9.17) is 52.1 Å². The molecule has 5 saturated heterocycles. The third kappa shape index (κ3) is 11.9. The summed E-state index contributed by atoms with van der Waals surface area (Å²) in [5.41, 5.74) is -1.47. The second-order valence-corrected chi connectivity index (χ2v) is 21.7. The van der Waals surface area contributed by atoms with Crippen LogP contribution in [-0.4, -0.2) is 222 Å². The summed E-state index contributed by atoms with van der Waals surface area (Å²) < 4.78 is 66.5. The number of methoxy groups -OCH3 is 1. The number of carbonyl (C=O) groups is 2. The molecule has 5 aliphatic heterocycles. The summed E-state index contributed by atoms with van der Waals surface area (Å²) in [6.07, 6.45) is -27.0. The number of hydrogen-bond acceptors (Lipinski definition) is 24. The number of carbonyl (C=O) groups excluding carboxylic acids is 2. The van der Waals surface area contributed by atoms with E-state index in [9.17, 15) is 61.0 Å². The highest BCUT2D eigenvalue weighted by atomic mass is 16.7. The Morgan fingerprint density at radius 2 is 1.17 bits per heavy atom. The van der Waals surface area contributed by atoms with Gasteiger partial charge in [0.25, 0.3) is 0 Å². The first-order valence-corrected chi connectivity index (χ1v) is 26.0. The lowest BCUT2D eigenvalue weighted by atomic mass is 9.75. The zero-order valence-corrected chi connectivity index (χ0v) is 44.0. The summed E-state index contributed by atoms with van der Waals surface area (Å²) in [6.45, 7) is 12.1. The van der Waals surface area contributed by atoms with Crippen LogP contribution in [0.4, 0.5) is 0 Å². The van der Waals surface area contributed by atoms with E-state index in [0.717, 1.165) is 0 Å². The predicted molar refractivity (Wildman–Crippen MR) is 259 cm³/mol. The largest absolute Gasteiger partial charge is 0.507 e. The monoisotopic (exact) mass is 1080 g/mol. The summed E-state index contributed by atoms with van der Waals surface area (Å²) in [4.78, 5) is 28.9. The SMILES string of the molecule is CO[C@H](C(=O)[C@@H](O)[C@H](C)O)[C@@H]1Cc2cc3cc(O[C@H]4C[C@@H](O[C@H]5C[C@@H](O)[C@H](O)[C@@H](C)O5)[C@H](O)[C@@H](C)O4)c(C)c(O)c3c(O)c2C(=O)[C@H]1O[C@H]1C[C@@H](O[C@H]2C[C@@H](O[C@H]3C[C@](C)(O)[C@H](O)[C@@H](C)O3)[C@@H](O)[C@@H](C)O2)[C@H](O)[C@@H](C)O1. The van der Waals surface area contributed by atoms with Crippen LogP contribution in [0.2, 0.25) is 0 Å². The number of ketones is 2. The van der Waals surface area contributed by atoms with E-state index < -0.39 is 176 Å². The quantitative estimate of drug-likeness (QED) is 0.110. The van der Waals surface area contributed by atoms with Crippen molar-refractivity contribution >= 4 is 22.3 Å². The van der Waals surface area contributed by atoms with Crippen LogP contribution in [0, 0.1) is 12.8 Å². The van der Waals surface area contributed by atoms with Crippen LogP contribution in [0.25, 0.3) is 10.8 Å². The maximum atomic E-state index is 15.0. The molecule has 5 heterocycles. The fraction of sp³-hybridized carbons (Fsp3) is 0.769. The molecule has 2 aromatic rings. The molecule has 0 saturated carbocycles. The number of fused-ring (bicyclic) bond motifs is 2. The van der Waals surface area contributed by atoms with Gasteiger partial charge in [-0.2, -0.15) is 0 Å². The van der Waals surface area contributed by atoms with Crippen molar-refractivity contribution in [1.82, 2.24) is 0 Å². The lowest BCUT2D eigenvalue weighted by molar-refractivity contribution is -0.334. The first kappa shape index (κ1) is 58.8. The van der Waals surface area contributed by atoms with Crippen molar-refractivity contribution in [3.05, 3.63) is 28.8 Å². The number of aliphatic hydroxyl groups excluding tert-OH is 8. The van der Waals surface area contributed by atoms with Gasteiger partial charge in [0, 0.05) is 50.7 Å². The number of benzene rings is 2. The fourth-order valence-corrected chi connectivity index (χ4v) is 11.3. The van der Waals surface area contributed by atoms with Gasteiger partial charge in [-0.05, 0) is 84.9 Å². The minimum absolute atomic E-state index is 0.0365. The van der Waals surface area contributed by atoms with E-state index in [0.29, 0.717) is 0 Å². The molecule has 428 valence electrons. The Balaban J connectivity index is 1.04. The van der Waals surface area contributed by atoms with Crippen molar-refractivity contribution < 1.29 is 118 Å². The van der Waals surface area contributed by atoms with Crippen molar-refractivity contribution in [2.45, 2.75) is 241 Å². The van der Waals surface area contributed by atoms with Crippen molar-refractivity contribution in [1.29, 1.82) is 0 Å². The number of hydrogen-bond donors (Lipinski definition) is 11. The van der Waals surface area contributed by atoms with Crippen molar-refractivity contribution in [3.8, 4) is 17.2 Å². The average molecular weight is 1090 g/mol. The molecule has 24 heteroatoms. The summed E-state index contributed by atoms with van der Waals surface area (Å²) in [7, 11) is 1.18. The summed E-state index contributed by atoms with van der Waals surface area (Å²) in [6, 6.07) is 3.03. The minimum atomic E-state index is -1.95. The number of aromatic hydroxyl groups is 2. The van der Waals surface area contributed by atoms with Crippen LogP contribution in [0.15, 0.2) is 12.1 Å². The Bertz CT molecular complexity index is 2350. The fourth-order valence-electron chi connectivity index (χ4n) is 11.3. The third-order valence-electron chi connectivity index (χ3n) is 15.9. The molecule has 1 aliphatic carbocycles. The number of rotatable bonds is 15. The molecule has 0 spiro atoms. The zero-order chi connectivity index (χ0) is 55.6. The van der Waals surface area contributed by atoms with E-state index in [2.05, 4.69) is 0 Å². The van der Waals surface area contributed by atoms with Crippen molar-refractivity contribution in [2.24, 2.45) is 5.92 Å². The van der Waals surface area contributed by atoms with Crippen LogP contribution in [0.5, 0.6) is 17.2 Å². The van der Waals surface area contributed by atoms with E-state index in [-0.39, 0.29) is 71.7 Å². The molecule has 0 bridgehead atoms. The van der Waals surface area contributed by atoms with Crippen LogP contribution in [0.1, 0.15) is 102 Å². The van der Waals surface area contributed by atoms with Gasteiger partial charge < -0.3 is 108 Å². The van der Waals surface area contributed by atoms with Gasteiger partial charge in [0.1, 0.15) is 66.1 Å². The first-order valence-electron chi connectivity index (χ1n) is 26.0. The molecule has 8 rings (SSSR count). The van der Waals surface area contributed by atoms with Gasteiger partial charge in [0.05, 0.1) is 77.6 Å². The molecule has 0 radical (unpaired) electrons. The lowest BCUT2D eigenvalue weighted by Crippen LogP contribution is -2.58. The summed E-state index contributed by atoms with van der Waals surface area (Å²) >= 11 is 0. The Morgan fingerprint density at radius 3 is 1.70 bits per heavy atom. The zero-order valence-electron chi connectivity index (χ0n) is 44.0. The molecular formula is C52H76O24. The van der Waals surface area contributed by atoms with Gasteiger partial charge in [-0.1, -0.05) is 0 Å². The highest BCUT2D eigenvalue weighted by Gasteiger charge is 2.51. The van der Waals surface area contributed by atoms with Crippen molar-refractivity contribution in [3.63, 3.8) is 0 Å². The van der Waals surface area contributed by atoms with Crippen LogP contribution in [0.3, 0.4) is 0 Å². The summed E-state index contributed by atoms with van der Waals surface area (Å²) in [5.74, 6) is -4.07. The van der Waals surface area contributed by atoms with Gasteiger partial charge in [-0.15, -0.1) is 0 Å². The number of Topliss-reactive ketones (excluding diaryl/α,β-unsaturated/α-hetero) is 2. The Kier molecular flexibility index (Phi) is 18.1. The molecule has 76 heavy (non-hydrogen) atoms. The molecule has 11 N–H and O–H groups in total. The van der Waals surface area contributed by atoms with E-state index in [1.54, 1.807) is 27.7 Å². The maximum absolute atomic E-state index is 15.0. The van der Waals surface area contributed by atoms with Gasteiger partial charge in [-0.3, -0.25) is 9.59 Å². The standard InChI is InChI=1S/C52H76O24/c1-18-29(72-34-14-30(43(58)21(4)68-34)73-33-13-28(54)42(57)20(3)67-33)12-26-10-25-11-27(49(66-9)48(63)41(56)19(2)53)50(47(62)39(25)46(61)38(26)40(18)55)76-36-16-31(44(59)23(6)70-36)74-35-15-32(45(60)22(5)69-35)75-37-17-52(8,65)51(64)24(7)71-37/h10,12,19-24,27-28,30-37,41-45,49-51,53-61,64-65H,11,13-17H2,1-9H3/t19-,20+,21+,22+,23+,24+,27-,28+,30+,31+,32+,33-,34-,35-,36-,37-,41-,42+,43+,44+,45-,49-,50-,51+,52-/m0/s1. The maximum Gasteiger partial charge on any atom is 0.202 e. The Hall–Kier alpha value is -3.32. The highest BCUT2D eigenvalue weighted by Crippen LogP contribution is 2.47. The predicted octanol–water partition coefficient (Wildman–Crippen LogP) is -0.249. The lowest BCUT2D eigenvalue weighted by Gasteiger charge is -2.46. The second-order valence-electron chi connectivity index (χ2n) is 21.7.